The van der Waals surface area contributed by atoms with Gasteiger partial charge in [0.2, 0.25) is 0 Å². The van der Waals surface area contributed by atoms with Gasteiger partial charge in [0.1, 0.15) is 6.10 Å². The van der Waals surface area contributed by atoms with Crippen LogP contribution in [0.2, 0.25) is 0 Å². The second-order valence-electron chi connectivity index (χ2n) is 7.60. The number of esters is 1. The normalized spacial score (nSPS) is 18.1. The summed E-state index contributed by atoms with van der Waals surface area (Å²) in [7, 11) is -3.41. The Morgan fingerprint density at radius 3 is 2.50 bits per heavy atom. The van der Waals surface area contributed by atoms with E-state index in [4.69, 9.17) is 8.92 Å². The van der Waals surface area contributed by atoms with Gasteiger partial charge in [-0.2, -0.15) is 8.42 Å². The Bertz CT molecular complexity index is 721. The molecule has 0 unspecified atom stereocenters. The summed E-state index contributed by atoms with van der Waals surface area (Å²) in [4.78, 5) is 12.5. The molecule has 1 aliphatic rings. The molecule has 1 aliphatic carbocycles. The zero-order valence-corrected chi connectivity index (χ0v) is 17.7. The maximum atomic E-state index is 12.5. The number of carbonyl (C=O) groups is 1. The Balaban J connectivity index is 1.88. The minimum atomic E-state index is -3.41. The standard InChI is InChI=1S/C22H32O5S/c1-18(27-28(2,24)25)12-6-3-11-17-21(19-13-7-4-8-14-19)26-22(23)20-15-9-5-10-16-20/h5,9-11,15-19,21H,3-4,6-8,12-14H2,1-2H3/b17-11+/t18-,21+/m0/s1. The maximum absolute atomic E-state index is 12.5. The van der Waals surface area contributed by atoms with E-state index in [0.717, 1.165) is 31.9 Å². The molecule has 0 aromatic heterocycles. The number of allylic oxidation sites excluding steroid dienone is 1. The van der Waals surface area contributed by atoms with Gasteiger partial charge in [0, 0.05) is 0 Å². The van der Waals surface area contributed by atoms with Crippen LogP contribution in [-0.4, -0.2) is 32.9 Å². The summed E-state index contributed by atoms with van der Waals surface area (Å²) in [6.07, 6.45) is 12.6. The molecule has 1 fully saturated rings. The highest BCUT2D eigenvalue weighted by Gasteiger charge is 2.25. The van der Waals surface area contributed by atoms with E-state index in [9.17, 15) is 13.2 Å². The SMILES string of the molecule is C[C@@H](CCC/C=C/[C@@H](OC(=O)c1ccccc1)C1CCCCC1)OS(C)(=O)=O. The fourth-order valence-corrected chi connectivity index (χ4v) is 4.31. The van der Waals surface area contributed by atoms with Gasteiger partial charge in [0.15, 0.2) is 0 Å². The molecule has 1 aromatic carbocycles. The van der Waals surface area contributed by atoms with E-state index in [1.165, 1.54) is 19.3 Å². The fraction of sp³-hybridized carbons (Fsp3) is 0.591. The summed E-state index contributed by atoms with van der Waals surface area (Å²) in [6.45, 7) is 1.76. The molecule has 0 saturated heterocycles. The monoisotopic (exact) mass is 408 g/mol. The smallest absolute Gasteiger partial charge is 0.338 e. The number of carbonyl (C=O) groups excluding carboxylic acids is 1. The quantitative estimate of drug-likeness (QED) is 0.239. The molecule has 2 atom stereocenters. The van der Waals surface area contributed by atoms with Crippen LogP contribution in [0.1, 0.15) is 68.6 Å². The van der Waals surface area contributed by atoms with Crippen LogP contribution in [0.4, 0.5) is 0 Å². The number of rotatable bonds is 10. The lowest BCUT2D eigenvalue weighted by Gasteiger charge is -2.28. The number of unbranched alkanes of at least 4 members (excludes halogenated alkanes) is 1. The molecule has 0 spiro atoms. The second kappa shape index (κ2) is 11.4. The van der Waals surface area contributed by atoms with Crippen molar-refractivity contribution >= 4 is 16.1 Å². The first kappa shape index (κ1) is 22.6. The van der Waals surface area contributed by atoms with E-state index in [1.54, 1.807) is 19.1 Å². The first-order valence-corrected chi connectivity index (χ1v) is 12.0. The van der Waals surface area contributed by atoms with Gasteiger partial charge in [-0.25, -0.2) is 4.79 Å². The largest absolute Gasteiger partial charge is 0.454 e. The van der Waals surface area contributed by atoms with Gasteiger partial charge in [0.25, 0.3) is 10.1 Å². The van der Waals surface area contributed by atoms with Gasteiger partial charge in [-0.15, -0.1) is 0 Å². The summed E-state index contributed by atoms with van der Waals surface area (Å²) in [6, 6.07) is 9.09. The van der Waals surface area contributed by atoms with Crippen LogP contribution in [0.25, 0.3) is 0 Å². The topological polar surface area (TPSA) is 69.7 Å². The van der Waals surface area contributed by atoms with Gasteiger partial charge in [-0.3, -0.25) is 4.18 Å². The molecule has 156 valence electrons. The van der Waals surface area contributed by atoms with Crippen molar-refractivity contribution in [2.45, 2.75) is 70.5 Å². The van der Waals surface area contributed by atoms with Crippen molar-refractivity contribution in [3.8, 4) is 0 Å². The third-order valence-electron chi connectivity index (χ3n) is 5.01. The maximum Gasteiger partial charge on any atom is 0.338 e. The van der Waals surface area contributed by atoms with Crippen LogP contribution in [0.15, 0.2) is 42.5 Å². The Morgan fingerprint density at radius 1 is 1.18 bits per heavy atom. The van der Waals surface area contributed by atoms with Crippen LogP contribution in [0.3, 0.4) is 0 Å². The zero-order chi connectivity index (χ0) is 20.4. The third-order valence-corrected chi connectivity index (χ3v) is 5.69. The van der Waals surface area contributed by atoms with Gasteiger partial charge in [0.05, 0.1) is 17.9 Å². The first-order chi connectivity index (χ1) is 13.3. The van der Waals surface area contributed by atoms with Crippen molar-refractivity contribution in [2.75, 3.05) is 6.26 Å². The minimum absolute atomic E-state index is 0.210. The van der Waals surface area contributed by atoms with Gasteiger partial charge < -0.3 is 4.74 Å². The molecule has 5 nitrogen and oxygen atoms in total. The lowest BCUT2D eigenvalue weighted by atomic mass is 9.85. The molecule has 1 aromatic rings. The summed E-state index contributed by atoms with van der Waals surface area (Å²) in [5.41, 5.74) is 0.573. The number of benzene rings is 1. The first-order valence-electron chi connectivity index (χ1n) is 10.2. The van der Waals surface area contributed by atoms with Crippen LogP contribution < -0.4 is 0 Å². The van der Waals surface area contributed by atoms with E-state index < -0.39 is 10.1 Å². The predicted octanol–water partition coefficient (Wildman–Crippen LogP) is 4.88. The molecule has 0 amide bonds. The van der Waals surface area contributed by atoms with Crippen molar-refractivity contribution in [2.24, 2.45) is 5.92 Å². The molecule has 0 bridgehead atoms. The highest BCUT2D eigenvalue weighted by Crippen LogP contribution is 2.29. The van der Waals surface area contributed by atoms with E-state index in [0.29, 0.717) is 17.9 Å². The Kier molecular flexibility index (Phi) is 9.19. The molecule has 28 heavy (non-hydrogen) atoms. The van der Waals surface area contributed by atoms with Crippen molar-refractivity contribution in [3.05, 3.63) is 48.0 Å². The van der Waals surface area contributed by atoms with Crippen molar-refractivity contribution in [3.63, 3.8) is 0 Å². The molecular formula is C22H32O5S. The average Bonchev–Trinajstić information content (AvgIpc) is 2.66. The van der Waals surface area contributed by atoms with Gasteiger partial charge >= 0.3 is 5.97 Å². The molecule has 2 rings (SSSR count). The van der Waals surface area contributed by atoms with Crippen LogP contribution in [-0.2, 0) is 19.0 Å². The highest BCUT2D eigenvalue weighted by molar-refractivity contribution is 7.86. The van der Waals surface area contributed by atoms with Crippen LogP contribution in [0, 0.1) is 5.92 Å². The van der Waals surface area contributed by atoms with Crippen molar-refractivity contribution in [1.82, 2.24) is 0 Å². The van der Waals surface area contributed by atoms with E-state index in [2.05, 4.69) is 0 Å². The third kappa shape index (κ3) is 8.57. The predicted molar refractivity (Wildman–Crippen MR) is 111 cm³/mol. The van der Waals surface area contributed by atoms with Crippen LogP contribution in [0.5, 0.6) is 0 Å². The Morgan fingerprint density at radius 2 is 1.86 bits per heavy atom. The Hall–Kier alpha value is -1.66. The minimum Gasteiger partial charge on any atom is -0.454 e. The molecule has 0 radical (unpaired) electrons. The summed E-state index contributed by atoms with van der Waals surface area (Å²) in [5.74, 6) is 0.0844. The molecule has 6 heteroatoms. The molecule has 1 saturated carbocycles. The lowest BCUT2D eigenvalue weighted by molar-refractivity contribution is 0.0226. The van der Waals surface area contributed by atoms with Gasteiger partial charge in [-0.05, 0) is 63.2 Å². The van der Waals surface area contributed by atoms with E-state index >= 15 is 0 Å². The molecule has 0 heterocycles. The van der Waals surface area contributed by atoms with Crippen LogP contribution >= 0.6 is 0 Å². The number of hydrogen-bond donors (Lipinski definition) is 0. The fourth-order valence-electron chi connectivity index (χ4n) is 3.62. The van der Waals surface area contributed by atoms with Crippen molar-refractivity contribution < 1.29 is 22.1 Å². The second-order valence-corrected chi connectivity index (χ2v) is 9.20. The molecule has 0 N–H and O–H groups in total. The summed E-state index contributed by atoms with van der Waals surface area (Å²) in [5, 5.41) is 0. The lowest BCUT2D eigenvalue weighted by Crippen LogP contribution is -2.27. The Labute approximate surface area is 169 Å². The van der Waals surface area contributed by atoms with E-state index in [1.807, 2.05) is 30.4 Å². The van der Waals surface area contributed by atoms with Crippen molar-refractivity contribution in [1.29, 1.82) is 0 Å². The molecular weight excluding hydrogens is 376 g/mol. The number of hydrogen-bond acceptors (Lipinski definition) is 5. The zero-order valence-electron chi connectivity index (χ0n) is 16.9. The summed E-state index contributed by atoms with van der Waals surface area (Å²) < 4.78 is 33.0. The number of ether oxygens (including phenoxy) is 1. The average molecular weight is 409 g/mol. The summed E-state index contributed by atoms with van der Waals surface area (Å²) >= 11 is 0. The molecule has 0 aliphatic heterocycles. The highest BCUT2D eigenvalue weighted by atomic mass is 32.2. The van der Waals surface area contributed by atoms with E-state index in [-0.39, 0.29) is 18.2 Å². The van der Waals surface area contributed by atoms with Gasteiger partial charge in [-0.1, -0.05) is 43.5 Å².